The van der Waals surface area contributed by atoms with Crippen molar-refractivity contribution in [3.63, 3.8) is 0 Å². The van der Waals surface area contributed by atoms with Crippen LogP contribution in [0.25, 0.3) is 22.3 Å². The predicted molar refractivity (Wildman–Crippen MR) is 110 cm³/mol. The van der Waals surface area contributed by atoms with E-state index in [1.54, 1.807) is 10.8 Å². The first-order chi connectivity index (χ1) is 13.9. The third-order valence-electron chi connectivity index (χ3n) is 6.29. The van der Waals surface area contributed by atoms with Crippen molar-refractivity contribution in [1.82, 2.24) is 9.55 Å². The molecule has 148 valence electrons. The fourth-order valence-electron chi connectivity index (χ4n) is 4.48. The fourth-order valence-corrected chi connectivity index (χ4v) is 5.47. The summed E-state index contributed by atoms with van der Waals surface area (Å²) < 4.78 is 19.6. The van der Waals surface area contributed by atoms with Gasteiger partial charge in [-0.05, 0) is 31.0 Å². The number of hydrogen-bond donors (Lipinski definition) is 0. The van der Waals surface area contributed by atoms with Crippen LogP contribution in [0.5, 0.6) is 0 Å². The number of carbonyl (C=O) groups is 1. The van der Waals surface area contributed by atoms with E-state index >= 15 is 0 Å². The highest BCUT2D eigenvalue weighted by Gasteiger charge is 2.43. The van der Waals surface area contributed by atoms with Gasteiger partial charge >= 0.3 is 5.97 Å². The van der Waals surface area contributed by atoms with Gasteiger partial charge in [0.2, 0.25) is 0 Å². The Morgan fingerprint density at radius 1 is 1.24 bits per heavy atom. The fraction of sp³-hybridized carbons (Fsp3) is 0.318. The Morgan fingerprint density at radius 3 is 2.72 bits per heavy atom. The number of fused-ring (bicyclic) bond motifs is 5. The molecule has 7 heteroatoms. The lowest BCUT2D eigenvalue weighted by molar-refractivity contribution is -0.153. The largest absolute Gasteiger partial charge is 0.460 e. The van der Waals surface area contributed by atoms with Crippen molar-refractivity contribution in [3.8, 4) is 11.4 Å². The molecule has 5 rings (SSSR count). The van der Waals surface area contributed by atoms with Gasteiger partial charge in [-0.15, -0.1) is 0 Å². The van der Waals surface area contributed by atoms with Crippen LogP contribution >= 0.6 is 0 Å². The van der Waals surface area contributed by atoms with Crippen LogP contribution in [0.1, 0.15) is 37.0 Å². The number of rotatable bonds is 2. The number of ether oxygens (including phenoxy) is 1. The maximum atomic E-state index is 13.3. The average molecular weight is 408 g/mol. The second-order valence-corrected chi connectivity index (χ2v) is 9.13. The molecule has 0 aliphatic carbocycles. The van der Waals surface area contributed by atoms with Crippen molar-refractivity contribution in [3.05, 3.63) is 57.4 Å². The molecular formula is C22H20N2O4S. The van der Waals surface area contributed by atoms with Gasteiger partial charge in [0.05, 0.1) is 50.1 Å². The lowest BCUT2D eigenvalue weighted by Crippen LogP contribution is -2.42. The summed E-state index contributed by atoms with van der Waals surface area (Å²) in [5, 5.41) is 0.842. The van der Waals surface area contributed by atoms with E-state index in [0.29, 0.717) is 29.9 Å². The quantitative estimate of drug-likeness (QED) is 0.477. The van der Waals surface area contributed by atoms with E-state index in [9.17, 15) is 13.8 Å². The van der Waals surface area contributed by atoms with E-state index in [1.807, 2.05) is 44.2 Å². The first-order valence-corrected chi connectivity index (χ1v) is 11.1. The van der Waals surface area contributed by atoms with Crippen molar-refractivity contribution in [2.24, 2.45) is 0 Å². The molecule has 6 nitrogen and oxygen atoms in total. The van der Waals surface area contributed by atoms with E-state index in [2.05, 4.69) is 0 Å². The van der Waals surface area contributed by atoms with E-state index in [1.165, 1.54) is 0 Å². The molecule has 1 aromatic carbocycles. The monoisotopic (exact) mass is 408 g/mol. The first kappa shape index (κ1) is 18.2. The van der Waals surface area contributed by atoms with Gasteiger partial charge in [-0.1, -0.05) is 25.1 Å². The molecule has 0 saturated carbocycles. The number of benzene rings is 1. The second kappa shape index (κ2) is 6.10. The van der Waals surface area contributed by atoms with E-state index in [-0.39, 0.29) is 18.1 Å². The van der Waals surface area contributed by atoms with Crippen molar-refractivity contribution in [2.75, 3.05) is 6.26 Å². The topological polar surface area (TPSA) is 78.3 Å². The highest BCUT2D eigenvalue weighted by molar-refractivity contribution is 7.84. The molecule has 2 unspecified atom stereocenters. The maximum absolute atomic E-state index is 13.3. The Kier molecular flexibility index (Phi) is 3.84. The van der Waals surface area contributed by atoms with Gasteiger partial charge in [-0.2, -0.15) is 0 Å². The Hall–Kier alpha value is -2.80. The summed E-state index contributed by atoms with van der Waals surface area (Å²) in [5.74, 6) is -0.308. The second-order valence-electron chi connectivity index (χ2n) is 7.81. The number of esters is 1. The van der Waals surface area contributed by atoms with Crippen LogP contribution in [0.3, 0.4) is 0 Å². The van der Waals surface area contributed by atoms with E-state index in [4.69, 9.17) is 9.72 Å². The van der Waals surface area contributed by atoms with Gasteiger partial charge in [0.1, 0.15) is 6.61 Å². The highest BCUT2D eigenvalue weighted by atomic mass is 32.2. The number of nitrogens with zero attached hydrogens (tertiary/aromatic N) is 2. The number of aromatic nitrogens is 2. The normalized spacial score (nSPS) is 20.7. The van der Waals surface area contributed by atoms with Crippen LogP contribution in [0.2, 0.25) is 0 Å². The van der Waals surface area contributed by atoms with Crippen LogP contribution in [-0.4, -0.2) is 26.0 Å². The number of para-hydroxylation sites is 1. The Labute approximate surface area is 170 Å². The minimum absolute atomic E-state index is 0.0127. The molecule has 4 heterocycles. The summed E-state index contributed by atoms with van der Waals surface area (Å²) in [6.07, 6.45) is 2.18. The first-order valence-electron chi connectivity index (χ1n) is 9.56. The summed E-state index contributed by atoms with van der Waals surface area (Å²) in [6, 6.07) is 9.50. The summed E-state index contributed by atoms with van der Waals surface area (Å²) in [5.41, 5.74) is 3.12. The molecule has 0 amide bonds. The van der Waals surface area contributed by atoms with Gasteiger partial charge in [0.25, 0.3) is 5.56 Å². The van der Waals surface area contributed by atoms with Gasteiger partial charge < -0.3 is 9.30 Å². The third-order valence-corrected chi connectivity index (χ3v) is 7.33. The number of cyclic esters (lactones) is 1. The van der Waals surface area contributed by atoms with Crippen LogP contribution in [0.4, 0.5) is 0 Å². The molecule has 0 bridgehead atoms. The van der Waals surface area contributed by atoms with E-state index < -0.39 is 16.2 Å². The molecule has 3 aromatic rings. The zero-order valence-corrected chi connectivity index (χ0v) is 17.3. The summed E-state index contributed by atoms with van der Waals surface area (Å²) >= 11 is 0. The zero-order valence-electron chi connectivity index (χ0n) is 16.4. The molecule has 2 atom stereocenters. The van der Waals surface area contributed by atoms with Crippen molar-refractivity contribution in [2.45, 2.75) is 43.7 Å². The van der Waals surface area contributed by atoms with Crippen LogP contribution in [0, 0.1) is 0 Å². The van der Waals surface area contributed by atoms with E-state index in [0.717, 1.165) is 26.9 Å². The van der Waals surface area contributed by atoms with Crippen LogP contribution in [-0.2, 0) is 38.9 Å². The Bertz CT molecular complexity index is 1310. The number of carbonyl (C=O) groups excluding carboxylic acids is 1. The smallest absolute Gasteiger partial charge is 0.316 e. The molecular weight excluding hydrogens is 388 g/mol. The molecule has 0 spiro atoms. The van der Waals surface area contributed by atoms with Gasteiger partial charge in [0.15, 0.2) is 0 Å². The molecule has 0 radical (unpaired) electrons. The molecule has 0 saturated heterocycles. The number of pyridine rings is 2. The highest BCUT2D eigenvalue weighted by Crippen LogP contribution is 2.41. The van der Waals surface area contributed by atoms with Gasteiger partial charge in [0, 0.05) is 17.2 Å². The molecule has 29 heavy (non-hydrogen) atoms. The lowest BCUT2D eigenvalue weighted by atomic mass is 9.76. The summed E-state index contributed by atoms with van der Waals surface area (Å²) in [6.45, 7) is 4.04. The molecule has 0 fully saturated rings. The summed E-state index contributed by atoms with van der Waals surface area (Å²) in [7, 11) is -1.24. The third kappa shape index (κ3) is 2.34. The van der Waals surface area contributed by atoms with Gasteiger partial charge in [-0.25, -0.2) is 4.98 Å². The minimum atomic E-state index is -1.24. The van der Waals surface area contributed by atoms with Crippen molar-refractivity contribution in [1.29, 1.82) is 0 Å². The van der Waals surface area contributed by atoms with Crippen LogP contribution < -0.4 is 5.56 Å². The zero-order chi connectivity index (χ0) is 20.5. The maximum Gasteiger partial charge on any atom is 0.316 e. The Morgan fingerprint density at radius 2 is 2.00 bits per heavy atom. The van der Waals surface area contributed by atoms with Crippen LogP contribution in [0.15, 0.2) is 40.0 Å². The number of hydrogen-bond acceptors (Lipinski definition) is 5. The average Bonchev–Trinajstić information content (AvgIpc) is 3.07. The molecule has 2 aliphatic rings. The molecule has 2 aliphatic heterocycles. The predicted octanol–water partition coefficient (Wildman–Crippen LogP) is 2.89. The lowest BCUT2D eigenvalue weighted by Gasteiger charge is -2.33. The Balaban J connectivity index is 1.87. The standard InChI is InChI=1S/C22H20N2O4S/c1-4-22(2)15-9-17-18-13(10-24(17)20(25)14(15)11-28-21(22)26)19(29(3)27)12-7-5-6-8-16(12)23-18/h5-9H,4,10-11H2,1-3H3. The van der Waals surface area contributed by atoms with Crippen molar-refractivity contribution >= 4 is 27.7 Å². The van der Waals surface area contributed by atoms with Gasteiger partial charge in [-0.3, -0.25) is 13.8 Å². The van der Waals surface area contributed by atoms with Crippen molar-refractivity contribution < 1.29 is 13.7 Å². The molecule has 2 aromatic heterocycles. The minimum Gasteiger partial charge on any atom is -0.460 e. The SMILES string of the molecule is CCC1(C)C(=O)OCc2c1cc1n(c2=O)Cc2c-1nc1ccccc1c2S(C)=O. The molecule has 0 N–H and O–H groups in total. The summed E-state index contributed by atoms with van der Waals surface area (Å²) in [4.78, 5) is 31.4.